The summed E-state index contributed by atoms with van der Waals surface area (Å²) in [6, 6.07) is 9.03. The first-order valence-corrected chi connectivity index (χ1v) is 11.5. The molecule has 0 aromatic carbocycles. The molecule has 0 bridgehead atoms. The van der Waals surface area contributed by atoms with Crippen molar-refractivity contribution in [3.05, 3.63) is 69.4 Å². The predicted octanol–water partition coefficient (Wildman–Crippen LogP) is 2.44. The van der Waals surface area contributed by atoms with Gasteiger partial charge in [-0.05, 0) is 37.4 Å². The fourth-order valence-corrected chi connectivity index (χ4v) is 5.04. The highest BCUT2D eigenvalue weighted by atomic mass is 32.2. The normalized spacial score (nSPS) is 19.0. The Labute approximate surface area is 194 Å². The third-order valence-corrected chi connectivity index (χ3v) is 6.97. The van der Waals surface area contributed by atoms with Crippen LogP contribution in [0, 0.1) is 0 Å². The number of nitrogens with zero attached hydrogens (tertiary/aromatic N) is 5. The maximum atomic E-state index is 13.4. The molecule has 0 unspecified atom stereocenters. The molecule has 0 atom stereocenters. The molecule has 1 amide bonds. The number of hydrogen-bond acceptors (Lipinski definition) is 8. The monoisotopic (exact) mass is 467 g/mol. The summed E-state index contributed by atoms with van der Waals surface area (Å²) in [6.07, 6.45) is 4.90. The van der Waals surface area contributed by atoms with Crippen LogP contribution in [-0.4, -0.2) is 62.6 Å². The lowest BCUT2D eigenvalue weighted by atomic mass is 10.2. The van der Waals surface area contributed by atoms with Gasteiger partial charge in [-0.3, -0.25) is 18.9 Å². The van der Waals surface area contributed by atoms with Gasteiger partial charge in [0.2, 0.25) is 0 Å². The van der Waals surface area contributed by atoms with Crippen LogP contribution in [0.15, 0.2) is 56.9 Å². The molecule has 2 aliphatic heterocycles. The van der Waals surface area contributed by atoms with Gasteiger partial charge in [-0.2, -0.15) is 0 Å². The van der Waals surface area contributed by atoms with E-state index in [-0.39, 0.29) is 18.0 Å². The number of carbonyl (C=O) groups excluding carboxylic acids is 1. The molecule has 10 heteroatoms. The summed E-state index contributed by atoms with van der Waals surface area (Å²) in [5.41, 5.74) is 0.770. The van der Waals surface area contributed by atoms with E-state index in [1.165, 1.54) is 21.1 Å². The molecule has 3 aromatic heterocycles. The van der Waals surface area contributed by atoms with Crippen LogP contribution in [0.25, 0.3) is 11.7 Å². The Morgan fingerprint density at radius 1 is 1.16 bits per heavy atom. The smallest absolute Gasteiger partial charge is 0.267 e. The fourth-order valence-electron chi connectivity index (χ4n) is 3.80. The van der Waals surface area contributed by atoms with Gasteiger partial charge in [0.1, 0.15) is 21.5 Å². The van der Waals surface area contributed by atoms with E-state index in [0.29, 0.717) is 32.0 Å². The Morgan fingerprint density at radius 2 is 1.97 bits per heavy atom. The van der Waals surface area contributed by atoms with Gasteiger partial charge < -0.3 is 14.2 Å². The highest BCUT2D eigenvalue weighted by Crippen LogP contribution is 2.34. The van der Waals surface area contributed by atoms with E-state index >= 15 is 0 Å². The van der Waals surface area contributed by atoms with Gasteiger partial charge in [-0.25, -0.2) is 4.98 Å². The number of aromatic nitrogens is 2. The van der Waals surface area contributed by atoms with Crippen molar-refractivity contribution in [1.82, 2.24) is 19.2 Å². The number of hydrogen-bond donors (Lipinski definition) is 0. The Bertz CT molecular complexity index is 1280. The molecule has 0 spiro atoms. The first-order chi connectivity index (χ1) is 15.5. The van der Waals surface area contributed by atoms with Gasteiger partial charge in [-0.1, -0.05) is 30.0 Å². The highest BCUT2D eigenvalue weighted by molar-refractivity contribution is 8.26. The molecule has 0 radical (unpaired) electrons. The largest absolute Gasteiger partial charge is 0.467 e. The topological polar surface area (TPSA) is 74.3 Å². The fraction of sp³-hybridized carbons (Fsp3) is 0.273. The van der Waals surface area contributed by atoms with Gasteiger partial charge in [0.15, 0.2) is 0 Å². The third kappa shape index (κ3) is 3.85. The second kappa shape index (κ2) is 8.53. The van der Waals surface area contributed by atoms with Crippen LogP contribution < -0.4 is 10.5 Å². The molecule has 0 aliphatic carbocycles. The van der Waals surface area contributed by atoms with Gasteiger partial charge >= 0.3 is 0 Å². The van der Waals surface area contributed by atoms with Crippen molar-refractivity contribution in [2.75, 3.05) is 38.1 Å². The predicted molar refractivity (Wildman–Crippen MR) is 129 cm³/mol. The standard InChI is InChI=1S/C22H21N5O3S2/c1-24-8-10-25(11-9-24)19-16(20(28)26-7-3-2-6-18(26)23-19)13-17-21(29)27(22(31)32-17)14-15-5-4-12-30-15/h2-7,12-13H,8-11,14H2,1H3/b17-13-. The van der Waals surface area contributed by atoms with E-state index in [4.69, 9.17) is 21.6 Å². The van der Waals surface area contributed by atoms with Crippen molar-refractivity contribution in [2.45, 2.75) is 6.54 Å². The number of thiocarbonyl (C=S) groups is 1. The number of furan rings is 1. The van der Waals surface area contributed by atoms with Crippen LogP contribution in [0.3, 0.4) is 0 Å². The molecule has 5 rings (SSSR count). The van der Waals surface area contributed by atoms with Crippen LogP contribution in [0.4, 0.5) is 5.82 Å². The van der Waals surface area contributed by atoms with Crippen molar-refractivity contribution in [3.8, 4) is 0 Å². The molecule has 0 N–H and O–H groups in total. The first kappa shape index (κ1) is 20.9. The quantitative estimate of drug-likeness (QED) is 0.428. The van der Waals surface area contributed by atoms with Crippen LogP contribution in [-0.2, 0) is 11.3 Å². The lowest BCUT2D eigenvalue weighted by Crippen LogP contribution is -2.45. The minimum atomic E-state index is -0.238. The second-order valence-corrected chi connectivity index (χ2v) is 9.40. The Kier molecular flexibility index (Phi) is 5.58. The molecule has 0 saturated carbocycles. The van der Waals surface area contributed by atoms with Crippen molar-refractivity contribution in [3.63, 3.8) is 0 Å². The first-order valence-electron chi connectivity index (χ1n) is 10.2. The highest BCUT2D eigenvalue weighted by Gasteiger charge is 2.33. The molecule has 2 saturated heterocycles. The molecule has 5 heterocycles. The summed E-state index contributed by atoms with van der Waals surface area (Å²) in [5, 5.41) is 0. The summed E-state index contributed by atoms with van der Waals surface area (Å²) in [4.78, 5) is 37.6. The van der Waals surface area contributed by atoms with Crippen molar-refractivity contribution >= 4 is 51.7 Å². The lowest BCUT2D eigenvalue weighted by molar-refractivity contribution is -0.122. The number of thioether (sulfide) groups is 1. The van der Waals surface area contributed by atoms with Gasteiger partial charge in [-0.15, -0.1) is 0 Å². The van der Waals surface area contributed by atoms with Crippen LogP contribution in [0.1, 0.15) is 11.3 Å². The zero-order valence-electron chi connectivity index (χ0n) is 17.4. The summed E-state index contributed by atoms with van der Waals surface area (Å²) in [7, 11) is 2.07. The average Bonchev–Trinajstić information content (AvgIpc) is 3.40. The maximum absolute atomic E-state index is 13.4. The molecule has 32 heavy (non-hydrogen) atoms. The van der Waals surface area contributed by atoms with Crippen molar-refractivity contribution in [1.29, 1.82) is 0 Å². The average molecular weight is 468 g/mol. The Hall–Kier alpha value is -2.95. The van der Waals surface area contributed by atoms with E-state index in [1.54, 1.807) is 36.7 Å². The van der Waals surface area contributed by atoms with Crippen molar-refractivity contribution in [2.24, 2.45) is 0 Å². The molecule has 8 nitrogen and oxygen atoms in total. The second-order valence-electron chi connectivity index (χ2n) is 7.72. The number of pyridine rings is 1. The summed E-state index contributed by atoms with van der Waals surface area (Å²) in [6.45, 7) is 3.52. The van der Waals surface area contributed by atoms with E-state index in [9.17, 15) is 9.59 Å². The molecule has 164 valence electrons. The number of carbonyl (C=O) groups is 1. The Morgan fingerprint density at radius 3 is 2.72 bits per heavy atom. The zero-order chi connectivity index (χ0) is 22.2. The van der Waals surface area contributed by atoms with Gasteiger partial charge in [0.25, 0.3) is 11.5 Å². The molecular weight excluding hydrogens is 446 g/mol. The third-order valence-electron chi connectivity index (χ3n) is 5.59. The minimum absolute atomic E-state index is 0.208. The van der Waals surface area contributed by atoms with E-state index < -0.39 is 0 Å². The minimum Gasteiger partial charge on any atom is -0.467 e. The number of anilines is 1. The maximum Gasteiger partial charge on any atom is 0.267 e. The number of piperazine rings is 1. The summed E-state index contributed by atoms with van der Waals surface area (Å²) in [5.74, 6) is 1.01. The molecule has 2 aliphatic rings. The van der Waals surface area contributed by atoms with E-state index in [2.05, 4.69) is 16.8 Å². The van der Waals surface area contributed by atoms with Gasteiger partial charge in [0.05, 0.1) is 23.3 Å². The van der Waals surface area contributed by atoms with Crippen molar-refractivity contribution < 1.29 is 9.21 Å². The summed E-state index contributed by atoms with van der Waals surface area (Å²) >= 11 is 6.63. The number of rotatable bonds is 4. The SMILES string of the molecule is CN1CCN(c2nc3ccccn3c(=O)c2/C=C2\SC(=S)N(Cc3ccco3)C2=O)CC1. The van der Waals surface area contributed by atoms with Crippen LogP contribution in [0.2, 0.25) is 0 Å². The molecule has 2 fully saturated rings. The van der Waals surface area contributed by atoms with Gasteiger partial charge in [0, 0.05) is 32.4 Å². The molecule has 3 aromatic rings. The Balaban J connectivity index is 1.57. The number of likely N-dealkylation sites (N-methyl/N-ethyl adjacent to an activating group) is 1. The number of fused-ring (bicyclic) bond motifs is 1. The van der Waals surface area contributed by atoms with E-state index in [1.807, 2.05) is 12.1 Å². The van der Waals surface area contributed by atoms with Crippen LogP contribution in [0.5, 0.6) is 0 Å². The molecular formula is C22H21N5O3S2. The lowest BCUT2D eigenvalue weighted by Gasteiger charge is -2.34. The zero-order valence-corrected chi connectivity index (χ0v) is 19.1. The van der Waals surface area contributed by atoms with E-state index in [0.717, 1.165) is 26.2 Å². The van der Waals surface area contributed by atoms with Crippen LogP contribution >= 0.6 is 24.0 Å². The number of amides is 1. The summed E-state index contributed by atoms with van der Waals surface area (Å²) < 4.78 is 7.31.